The quantitative estimate of drug-likeness (QED) is 0.776. The summed E-state index contributed by atoms with van der Waals surface area (Å²) >= 11 is 0. The third kappa shape index (κ3) is 3.54. The van der Waals surface area contributed by atoms with Gasteiger partial charge in [0.1, 0.15) is 5.69 Å². The first-order valence-corrected chi connectivity index (χ1v) is 6.89. The molecule has 0 aliphatic carbocycles. The van der Waals surface area contributed by atoms with Gasteiger partial charge in [-0.25, -0.2) is 9.97 Å². The predicted molar refractivity (Wildman–Crippen MR) is 81.0 cm³/mol. The summed E-state index contributed by atoms with van der Waals surface area (Å²) in [5, 5.41) is 2.82. The third-order valence-corrected chi connectivity index (χ3v) is 3.20. The molecule has 3 aromatic rings. The first kappa shape index (κ1) is 13.9. The Balaban J connectivity index is 1.56. The van der Waals surface area contributed by atoms with Gasteiger partial charge in [-0.15, -0.1) is 0 Å². The van der Waals surface area contributed by atoms with Crippen LogP contribution in [-0.2, 0) is 13.1 Å². The van der Waals surface area contributed by atoms with Crippen LogP contribution in [0.2, 0.25) is 0 Å². The van der Waals surface area contributed by atoms with Crippen molar-refractivity contribution in [2.75, 3.05) is 0 Å². The zero-order valence-electron chi connectivity index (χ0n) is 11.9. The van der Waals surface area contributed by atoms with Crippen LogP contribution in [0.3, 0.4) is 0 Å². The van der Waals surface area contributed by atoms with E-state index < -0.39 is 0 Å². The molecule has 22 heavy (non-hydrogen) atoms. The Morgan fingerprint density at radius 2 is 1.86 bits per heavy atom. The SMILES string of the molecule is O=C(NCc1ccc(Cn2ccnc2)cc1)c1cnccn1. The summed E-state index contributed by atoms with van der Waals surface area (Å²) in [6, 6.07) is 8.10. The van der Waals surface area contributed by atoms with Gasteiger partial charge in [0.05, 0.1) is 12.5 Å². The number of benzene rings is 1. The van der Waals surface area contributed by atoms with E-state index >= 15 is 0 Å². The molecule has 0 radical (unpaired) electrons. The Morgan fingerprint density at radius 3 is 2.55 bits per heavy atom. The highest BCUT2D eigenvalue weighted by Gasteiger charge is 2.06. The number of rotatable bonds is 5. The average molecular weight is 293 g/mol. The van der Waals surface area contributed by atoms with E-state index in [0.29, 0.717) is 12.2 Å². The normalized spacial score (nSPS) is 10.4. The van der Waals surface area contributed by atoms with Gasteiger partial charge in [0.2, 0.25) is 0 Å². The summed E-state index contributed by atoms with van der Waals surface area (Å²) in [5.74, 6) is -0.226. The van der Waals surface area contributed by atoms with Crippen LogP contribution in [0.25, 0.3) is 0 Å². The zero-order chi connectivity index (χ0) is 15.2. The van der Waals surface area contributed by atoms with Gasteiger partial charge < -0.3 is 9.88 Å². The fourth-order valence-electron chi connectivity index (χ4n) is 2.04. The molecule has 110 valence electrons. The second kappa shape index (κ2) is 6.62. The number of carbonyl (C=O) groups excluding carboxylic acids is 1. The van der Waals surface area contributed by atoms with Gasteiger partial charge in [-0.1, -0.05) is 24.3 Å². The number of carbonyl (C=O) groups is 1. The molecule has 2 aromatic heterocycles. The molecule has 3 rings (SSSR count). The lowest BCUT2D eigenvalue weighted by Crippen LogP contribution is -2.23. The van der Waals surface area contributed by atoms with Gasteiger partial charge >= 0.3 is 0 Å². The van der Waals surface area contributed by atoms with Gasteiger partial charge in [0.15, 0.2) is 0 Å². The monoisotopic (exact) mass is 293 g/mol. The molecule has 6 nitrogen and oxygen atoms in total. The van der Waals surface area contributed by atoms with Gasteiger partial charge in [-0.2, -0.15) is 0 Å². The first-order valence-electron chi connectivity index (χ1n) is 6.89. The predicted octanol–water partition coefficient (Wildman–Crippen LogP) is 1.65. The Bertz CT molecular complexity index is 723. The molecule has 1 amide bonds. The summed E-state index contributed by atoms with van der Waals surface area (Å²) in [6.45, 7) is 1.24. The topological polar surface area (TPSA) is 72.7 Å². The van der Waals surface area contributed by atoms with E-state index in [4.69, 9.17) is 0 Å². The Labute approximate surface area is 127 Å². The Morgan fingerprint density at radius 1 is 1.05 bits per heavy atom. The number of nitrogens with one attached hydrogen (secondary N) is 1. The third-order valence-electron chi connectivity index (χ3n) is 3.20. The fourth-order valence-corrected chi connectivity index (χ4v) is 2.04. The molecule has 6 heteroatoms. The summed E-state index contributed by atoms with van der Waals surface area (Å²) in [4.78, 5) is 23.7. The van der Waals surface area contributed by atoms with Crippen molar-refractivity contribution in [1.29, 1.82) is 0 Å². The van der Waals surface area contributed by atoms with E-state index in [0.717, 1.165) is 12.1 Å². The number of hydrogen-bond donors (Lipinski definition) is 1. The van der Waals surface area contributed by atoms with Crippen LogP contribution in [0.5, 0.6) is 0 Å². The standard InChI is InChI=1S/C16H15N5O/c22-16(15-10-17-5-6-19-15)20-9-13-1-3-14(4-2-13)11-21-8-7-18-12-21/h1-8,10,12H,9,11H2,(H,20,22). The van der Waals surface area contributed by atoms with Gasteiger partial charge in [0.25, 0.3) is 5.91 Å². The highest BCUT2D eigenvalue weighted by atomic mass is 16.1. The summed E-state index contributed by atoms with van der Waals surface area (Å²) in [7, 11) is 0. The van der Waals surface area contributed by atoms with Gasteiger partial charge in [0, 0.05) is 37.9 Å². The maximum atomic E-state index is 11.9. The minimum atomic E-state index is -0.226. The summed E-state index contributed by atoms with van der Waals surface area (Å²) in [5.41, 5.74) is 2.54. The van der Waals surface area contributed by atoms with Crippen molar-refractivity contribution < 1.29 is 4.79 Å². The van der Waals surface area contributed by atoms with Crippen molar-refractivity contribution in [2.24, 2.45) is 0 Å². The van der Waals surface area contributed by atoms with E-state index in [2.05, 4.69) is 20.3 Å². The fraction of sp³-hybridized carbons (Fsp3) is 0.125. The molecule has 0 spiro atoms. The van der Waals surface area contributed by atoms with Crippen LogP contribution >= 0.6 is 0 Å². The van der Waals surface area contributed by atoms with Crippen molar-refractivity contribution in [1.82, 2.24) is 24.8 Å². The van der Waals surface area contributed by atoms with Crippen LogP contribution in [0.15, 0.2) is 61.6 Å². The molecule has 0 aliphatic heterocycles. The van der Waals surface area contributed by atoms with Crippen molar-refractivity contribution in [3.63, 3.8) is 0 Å². The summed E-state index contributed by atoms with van der Waals surface area (Å²) in [6.07, 6.45) is 9.96. The molecule has 0 aliphatic rings. The molecule has 1 aromatic carbocycles. The van der Waals surface area contributed by atoms with Crippen LogP contribution in [0, 0.1) is 0 Å². The van der Waals surface area contributed by atoms with Crippen molar-refractivity contribution in [3.8, 4) is 0 Å². The molecule has 0 fully saturated rings. The zero-order valence-corrected chi connectivity index (χ0v) is 11.9. The smallest absolute Gasteiger partial charge is 0.271 e. The number of aromatic nitrogens is 4. The molecular weight excluding hydrogens is 278 g/mol. The molecule has 0 bridgehead atoms. The molecule has 0 saturated carbocycles. The maximum absolute atomic E-state index is 11.9. The average Bonchev–Trinajstić information content (AvgIpc) is 3.08. The lowest BCUT2D eigenvalue weighted by atomic mass is 10.1. The van der Waals surface area contributed by atoms with Crippen LogP contribution in [0.4, 0.5) is 0 Å². The summed E-state index contributed by atoms with van der Waals surface area (Å²) < 4.78 is 2.00. The number of nitrogens with zero attached hydrogens (tertiary/aromatic N) is 4. The Kier molecular flexibility index (Phi) is 4.20. The second-order valence-corrected chi connectivity index (χ2v) is 4.82. The van der Waals surface area contributed by atoms with Crippen molar-refractivity contribution in [3.05, 3.63) is 78.4 Å². The highest BCUT2D eigenvalue weighted by molar-refractivity contribution is 5.91. The van der Waals surface area contributed by atoms with Crippen LogP contribution in [0.1, 0.15) is 21.6 Å². The lowest BCUT2D eigenvalue weighted by Gasteiger charge is -2.06. The second-order valence-electron chi connectivity index (χ2n) is 4.82. The maximum Gasteiger partial charge on any atom is 0.271 e. The molecule has 1 N–H and O–H groups in total. The van der Waals surface area contributed by atoms with Crippen LogP contribution < -0.4 is 5.32 Å². The van der Waals surface area contributed by atoms with Crippen molar-refractivity contribution >= 4 is 5.91 Å². The van der Waals surface area contributed by atoms with Crippen molar-refractivity contribution in [2.45, 2.75) is 13.1 Å². The molecular formula is C16H15N5O. The molecule has 2 heterocycles. The van der Waals surface area contributed by atoms with Crippen LogP contribution in [-0.4, -0.2) is 25.4 Å². The van der Waals surface area contributed by atoms with Gasteiger partial charge in [-0.3, -0.25) is 9.78 Å². The number of imidazole rings is 1. The van der Waals surface area contributed by atoms with E-state index in [1.807, 2.05) is 35.0 Å². The van der Waals surface area contributed by atoms with E-state index in [9.17, 15) is 4.79 Å². The lowest BCUT2D eigenvalue weighted by molar-refractivity contribution is 0.0945. The number of amides is 1. The molecule has 0 saturated heterocycles. The largest absolute Gasteiger partial charge is 0.347 e. The van der Waals surface area contributed by atoms with Gasteiger partial charge in [-0.05, 0) is 11.1 Å². The molecule has 0 unspecified atom stereocenters. The van der Waals surface area contributed by atoms with E-state index in [1.54, 1.807) is 12.5 Å². The minimum Gasteiger partial charge on any atom is -0.347 e. The number of hydrogen-bond acceptors (Lipinski definition) is 4. The Hall–Kier alpha value is -3.02. The molecule has 0 atom stereocenters. The van der Waals surface area contributed by atoms with E-state index in [-0.39, 0.29) is 5.91 Å². The first-order chi connectivity index (χ1) is 10.8. The minimum absolute atomic E-state index is 0.226. The van der Waals surface area contributed by atoms with E-state index in [1.165, 1.54) is 24.2 Å². The highest BCUT2D eigenvalue weighted by Crippen LogP contribution is 2.06.